The zero-order chi connectivity index (χ0) is 106. The lowest BCUT2D eigenvalue weighted by molar-refractivity contribution is -0.117. The Hall–Kier alpha value is -5.56. The Balaban J connectivity index is -0.000000124. The quantitative estimate of drug-likeness (QED) is 0.0821. The lowest BCUT2D eigenvalue weighted by atomic mass is 10.1. The van der Waals surface area contributed by atoms with Gasteiger partial charge in [-0.2, -0.15) is 17.2 Å². The molecule has 8 heterocycles. The lowest BCUT2D eigenvalue weighted by Crippen LogP contribution is -2.48. The van der Waals surface area contributed by atoms with Crippen LogP contribution in [0.4, 0.5) is 0 Å². The molecule has 4 aliphatic rings. The molecule has 2 fully saturated rings. The topological polar surface area (TPSA) is 224 Å². The van der Waals surface area contributed by atoms with Gasteiger partial charge >= 0.3 is 0 Å². The van der Waals surface area contributed by atoms with E-state index < -0.39 is 40.1 Å². The van der Waals surface area contributed by atoms with E-state index in [1.54, 1.807) is 104 Å². The van der Waals surface area contributed by atoms with E-state index in [0.29, 0.717) is 97.6 Å². The Labute approximate surface area is 831 Å². The molecule has 132 heavy (non-hydrogen) atoms. The molecular formula is C106H198N6O12S8. The minimum absolute atomic E-state index is 0.255. The van der Waals surface area contributed by atoms with E-state index in [0.717, 1.165) is 105 Å². The summed E-state index contributed by atoms with van der Waals surface area (Å²) in [5.74, 6) is 1.02. The number of likely N-dealkylation sites (N-methyl/N-ethyl adjacent to an activating group) is 2. The van der Waals surface area contributed by atoms with Crippen molar-refractivity contribution >= 4 is 149 Å². The van der Waals surface area contributed by atoms with Gasteiger partial charge in [0.05, 0.1) is 29.0 Å². The van der Waals surface area contributed by atoms with Gasteiger partial charge in [-0.1, -0.05) is 325 Å². The van der Waals surface area contributed by atoms with Crippen molar-refractivity contribution in [2.45, 2.75) is 376 Å². The average Bonchev–Trinajstić information content (AvgIpc) is 1.48. The van der Waals surface area contributed by atoms with Crippen LogP contribution in [-0.4, -0.2) is 175 Å². The fourth-order valence-electron chi connectivity index (χ4n) is 10.2. The number of benzene rings is 4. The molecule has 8 aromatic rings. The number of piperazine rings is 2. The summed E-state index contributed by atoms with van der Waals surface area (Å²) >= 11 is 6.24. The molecule has 4 aromatic carbocycles. The lowest BCUT2D eigenvalue weighted by Gasteiger charge is -2.33. The van der Waals surface area contributed by atoms with E-state index in [1.807, 2.05) is 338 Å². The Morgan fingerprint density at radius 3 is 0.758 bits per heavy atom. The fraction of sp³-hybridized carbons (Fsp3) is 0.623. The smallest absolute Gasteiger partial charge is 0.244 e. The van der Waals surface area contributed by atoms with Crippen molar-refractivity contribution in [3.8, 4) is 0 Å². The molecule has 26 heteroatoms. The predicted octanol–water partition coefficient (Wildman–Crippen LogP) is 32.1. The Kier molecular flexibility index (Phi) is 117. The number of ketones is 4. The molecule has 4 aromatic heterocycles. The molecule has 772 valence electrons. The van der Waals surface area contributed by atoms with Gasteiger partial charge in [0.25, 0.3) is 0 Å². The first kappa shape index (κ1) is 152. The number of thiophene rings is 4. The van der Waals surface area contributed by atoms with Crippen LogP contribution in [0.25, 0.3) is 40.3 Å². The summed E-state index contributed by atoms with van der Waals surface area (Å²) in [6, 6.07) is 29.6. The molecule has 0 radical (unpaired) electrons. The van der Waals surface area contributed by atoms with Gasteiger partial charge < -0.3 is 29.0 Å². The van der Waals surface area contributed by atoms with Crippen LogP contribution in [0.5, 0.6) is 0 Å². The second-order valence-electron chi connectivity index (χ2n) is 24.0. The third kappa shape index (κ3) is 60.9. The second kappa shape index (κ2) is 101. The molecule has 0 aliphatic carbocycles. The van der Waals surface area contributed by atoms with Crippen LogP contribution < -0.4 is 0 Å². The highest BCUT2D eigenvalue weighted by Crippen LogP contribution is 2.34. The monoisotopic (exact) mass is 2000 g/mol. The van der Waals surface area contributed by atoms with Gasteiger partial charge in [0.2, 0.25) is 40.1 Å². The summed E-state index contributed by atoms with van der Waals surface area (Å²) in [6.07, 6.45) is 10.5. The molecule has 0 atom stereocenters. The summed E-state index contributed by atoms with van der Waals surface area (Å²) in [6.45, 7) is 95.9. The van der Waals surface area contributed by atoms with E-state index in [9.17, 15) is 52.8 Å². The summed E-state index contributed by atoms with van der Waals surface area (Å²) in [7, 11) is -13.5. The molecule has 0 bridgehead atoms. The van der Waals surface area contributed by atoms with E-state index in [4.69, 9.17) is 0 Å². The molecule has 0 spiro atoms. The zero-order valence-electron chi connectivity index (χ0n) is 92.1. The third-order valence-corrected chi connectivity index (χ3v) is 28.8. The highest BCUT2D eigenvalue weighted by atomic mass is 32.2. The first-order valence-electron chi connectivity index (χ1n) is 50.2. The van der Waals surface area contributed by atoms with Gasteiger partial charge in [-0.05, 0) is 182 Å². The maximum absolute atomic E-state index is 12.8. The second-order valence-corrected chi connectivity index (χ2v) is 35.4. The third-order valence-electron chi connectivity index (χ3n) is 17.2. The average molecular weight is 2010 g/mol. The van der Waals surface area contributed by atoms with Crippen molar-refractivity contribution in [1.29, 1.82) is 0 Å². The van der Waals surface area contributed by atoms with Crippen molar-refractivity contribution in [3.05, 3.63) is 142 Å². The van der Waals surface area contributed by atoms with Crippen LogP contribution in [0.1, 0.15) is 356 Å². The standard InChI is InChI=1S/2C15H17NO2S2.2C14H18N2O2S2.4C4H8O.16C2H6/c1-2-12-5-8-16(9-6-12)20(17,18)14-3-4-15-13(11-14)7-10-19-15;1-2-12-6-9-16(10-7-12)20(17,18)14-5-3-4-13-8-11-19-15(13)14;1-2-15-6-8-16(9-7-15)20(17,18)13-3-4-14-12(11-13)5-10-19-14;1-2-15-7-9-16(10-8-15)20(17,18)13-5-3-4-12-6-11-19-14(12)13;4*1-3-4(2)5;16*1-2/h3-5,7,10-11H,2,6,8-9H2,1H3;3-6,8,11H,2,7,9-10H2,1H3;3-5,10-11H,2,6-9H2,1H3;3-6,11H,2,7-10H2,1H3;4*3H2,1-2H3;16*1-2H3. The molecule has 18 nitrogen and oxygen atoms in total. The van der Waals surface area contributed by atoms with E-state index >= 15 is 0 Å². The van der Waals surface area contributed by atoms with Crippen molar-refractivity contribution < 1.29 is 52.8 Å². The summed E-state index contributed by atoms with van der Waals surface area (Å²) in [4.78, 5) is 45.5. The number of hydrogen-bond donors (Lipinski definition) is 0. The van der Waals surface area contributed by atoms with Gasteiger partial charge in [0.15, 0.2) is 0 Å². The number of Topliss-reactive ketones (excluding diaryl/α,β-unsaturated/α-hetero) is 4. The highest BCUT2D eigenvalue weighted by molar-refractivity contribution is 7.90. The van der Waals surface area contributed by atoms with Crippen molar-refractivity contribution in [2.24, 2.45) is 0 Å². The molecule has 0 amide bonds. The maximum Gasteiger partial charge on any atom is 0.244 e. The highest BCUT2D eigenvalue weighted by Gasteiger charge is 2.32. The van der Waals surface area contributed by atoms with Gasteiger partial charge in [0, 0.05) is 114 Å². The van der Waals surface area contributed by atoms with Crippen LogP contribution in [0, 0.1) is 0 Å². The predicted molar refractivity (Wildman–Crippen MR) is 598 cm³/mol. The number of rotatable bonds is 16. The van der Waals surface area contributed by atoms with Gasteiger partial charge in [-0.15, -0.1) is 45.3 Å². The van der Waals surface area contributed by atoms with E-state index in [1.165, 1.54) is 33.8 Å². The molecule has 0 saturated carbocycles. The SMILES string of the molecule is CC.CC.CC.CC.CC.CC.CC.CC.CC.CC.CC.CC.CC.CC.CC.CC.CCC(C)=O.CCC(C)=O.CCC(C)=O.CCC(C)=O.CCC1=CCN(S(=O)(=O)c2ccc3sccc3c2)CC1.CCC1=CCN(S(=O)(=O)c2cccc3ccsc23)CC1.CCN1CCN(S(=O)(=O)c2ccc3sccc3c2)CC1.CCN1CCN(S(=O)(=O)c2cccc3ccsc23)CC1. The van der Waals surface area contributed by atoms with Crippen molar-refractivity contribution in [2.75, 3.05) is 91.6 Å². The van der Waals surface area contributed by atoms with Gasteiger partial charge in [0.1, 0.15) is 23.1 Å². The van der Waals surface area contributed by atoms with Gasteiger partial charge in [-0.25, -0.2) is 33.7 Å². The molecule has 0 N–H and O–H groups in total. The molecule has 2 saturated heterocycles. The molecule has 0 unspecified atom stereocenters. The largest absolute Gasteiger partial charge is 0.301 e. The minimum atomic E-state index is -3.39. The Morgan fingerprint density at radius 1 is 0.280 bits per heavy atom. The molecular weight excluding hydrogens is 1810 g/mol. The number of carbonyl (C=O) groups excluding carboxylic acids is 4. The normalized spacial score (nSPS) is 12.8. The first-order chi connectivity index (χ1) is 63.5. The number of fused-ring (bicyclic) bond motifs is 4. The van der Waals surface area contributed by atoms with Crippen LogP contribution in [0.3, 0.4) is 0 Å². The number of hydrogen-bond acceptors (Lipinski definition) is 18. The summed E-state index contributed by atoms with van der Waals surface area (Å²) in [5.41, 5.74) is 2.70. The molecule has 4 aliphatic heterocycles. The van der Waals surface area contributed by atoms with Crippen LogP contribution in [0.2, 0.25) is 0 Å². The van der Waals surface area contributed by atoms with Crippen molar-refractivity contribution in [1.82, 2.24) is 27.0 Å². The number of nitrogens with zero attached hydrogens (tertiary/aromatic N) is 6. The first-order valence-corrected chi connectivity index (χ1v) is 59.5. The van der Waals surface area contributed by atoms with E-state index in [-0.39, 0.29) is 23.1 Å². The summed E-state index contributed by atoms with van der Waals surface area (Å²) in [5, 5.41) is 11.9. The van der Waals surface area contributed by atoms with Crippen molar-refractivity contribution in [3.63, 3.8) is 0 Å². The van der Waals surface area contributed by atoms with Crippen LogP contribution >= 0.6 is 45.3 Å². The molecule has 12 rings (SSSR count). The fourth-order valence-corrected chi connectivity index (χ4v) is 20.1. The number of carbonyl (C=O) groups is 4. The Morgan fingerprint density at radius 2 is 0.515 bits per heavy atom. The number of sulfonamides is 4. The van der Waals surface area contributed by atoms with Gasteiger partial charge in [-0.3, -0.25) is 0 Å². The van der Waals surface area contributed by atoms with Crippen LogP contribution in [0.15, 0.2) is 161 Å². The maximum atomic E-state index is 12.8. The van der Waals surface area contributed by atoms with E-state index in [2.05, 4.69) is 43.6 Å². The van der Waals surface area contributed by atoms with Crippen LogP contribution in [-0.2, 0) is 59.3 Å². The Bertz CT molecular complexity index is 4440. The minimum Gasteiger partial charge on any atom is -0.301 e. The summed E-state index contributed by atoms with van der Waals surface area (Å²) < 4.78 is 112. The zero-order valence-corrected chi connectivity index (χ0v) is 98.6.